The number of nitriles is 1. The summed E-state index contributed by atoms with van der Waals surface area (Å²) in [5.74, 6) is 0.558. The van der Waals surface area contributed by atoms with Crippen molar-refractivity contribution in [3.05, 3.63) is 39.7 Å². The van der Waals surface area contributed by atoms with Crippen molar-refractivity contribution in [2.75, 3.05) is 24.8 Å². The molecule has 0 aliphatic heterocycles. The van der Waals surface area contributed by atoms with Crippen molar-refractivity contribution in [1.82, 2.24) is 0 Å². The third kappa shape index (κ3) is 2.82. The largest absolute Gasteiger partial charge is 0.492 e. The van der Waals surface area contributed by atoms with Gasteiger partial charge in [-0.1, -0.05) is 23.7 Å². The van der Waals surface area contributed by atoms with Crippen molar-refractivity contribution in [3.63, 3.8) is 0 Å². The molecule has 2 aromatic rings. The lowest BCUT2D eigenvalue weighted by molar-refractivity contribution is 0.418. The van der Waals surface area contributed by atoms with Crippen molar-refractivity contribution in [3.8, 4) is 11.8 Å². The van der Waals surface area contributed by atoms with Crippen LogP contribution in [0.5, 0.6) is 5.75 Å². The summed E-state index contributed by atoms with van der Waals surface area (Å²) in [5.41, 5.74) is 7.41. The van der Waals surface area contributed by atoms with E-state index < -0.39 is 0 Å². The predicted molar refractivity (Wildman–Crippen MR) is 83.6 cm³/mol. The molecule has 2 N–H and O–H groups in total. The summed E-state index contributed by atoms with van der Waals surface area (Å²) in [6, 6.07) is 9.72. The summed E-state index contributed by atoms with van der Waals surface area (Å²) in [4.78, 5) is 2.48. The fraction of sp³-hybridized carbons (Fsp3) is 0.214. The lowest BCUT2D eigenvalue weighted by Gasteiger charge is -2.18. The number of methoxy groups -OCH3 is 1. The van der Waals surface area contributed by atoms with Gasteiger partial charge in [-0.15, -0.1) is 11.3 Å². The van der Waals surface area contributed by atoms with Gasteiger partial charge in [0.05, 0.1) is 7.11 Å². The van der Waals surface area contributed by atoms with E-state index in [-0.39, 0.29) is 0 Å². The first-order valence-corrected chi connectivity index (χ1v) is 7.08. The number of nitrogens with two attached hydrogens (primary N) is 1. The summed E-state index contributed by atoms with van der Waals surface area (Å²) >= 11 is 7.20. The van der Waals surface area contributed by atoms with Gasteiger partial charge in [-0.2, -0.15) is 5.26 Å². The first kappa shape index (κ1) is 14.5. The van der Waals surface area contributed by atoms with Crippen molar-refractivity contribution in [2.45, 2.75) is 6.54 Å². The van der Waals surface area contributed by atoms with Crippen LogP contribution in [0, 0.1) is 11.3 Å². The number of halogens is 1. The van der Waals surface area contributed by atoms with Crippen LogP contribution in [0.4, 0.5) is 10.7 Å². The maximum atomic E-state index is 9.05. The highest BCUT2D eigenvalue weighted by Crippen LogP contribution is 2.44. The summed E-state index contributed by atoms with van der Waals surface area (Å²) in [6.07, 6.45) is 0. The van der Waals surface area contributed by atoms with E-state index in [0.29, 0.717) is 27.9 Å². The Morgan fingerprint density at radius 3 is 2.60 bits per heavy atom. The van der Waals surface area contributed by atoms with Crippen LogP contribution in [0.1, 0.15) is 10.4 Å². The molecule has 1 heterocycles. The average Bonchev–Trinajstić information content (AvgIpc) is 2.77. The van der Waals surface area contributed by atoms with Crippen LogP contribution < -0.4 is 15.4 Å². The lowest BCUT2D eigenvalue weighted by Crippen LogP contribution is -2.15. The molecule has 0 spiro atoms. The van der Waals surface area contributed by atoms with Gasteiger partial charge in [-0.05, 0) is 17.7 Å². The molecule has 2 rings (SSSR count). The van der Waals surface area contributed by atoms with E-state index in [1.807, 2.05) is 36.2 Å². The monoisotopic (exact) mass is 307 g/mol. The Balaban J connectivity index is 2.27. The Hall–Kier alpha value is -1.90. The number of nitrogens with zero attached hydrogens (tertiary/aromatic N) is 2. The van der Waals surface area contributed by atoms with Gasteiger partial charge in [0.1, 0.15) is 21.6 Å². The van der Waals surface area contributed by atoms with Crippen molar-refractivity contribution >= 4 is 33.6 Å². The number of hydrogen-bond donors (Lipinski definition) is 1. The van der Waals surface area contributed by atoms with E-state index in [1.54, 1.807) is 7.11 Å². The Bertz CT molecular complexity index is 646. The molecule has 0 amide bonds. The van der Waals surface area contributed by atoms with Crippen LogP contribution in [0.25, 0.3) is 0 Å². The number of nitrogen functional groups attached to an aromatic ring is 1. The SMILES string of the molecule is COc1c(N(C)Cc2ccc(Cl)cc2)sc(C#N)c1N. The molecule has 0 saturated carbocycles. The van der Waals surface area contributed by atoms with Crippen molar-refractivity contribution in [2.24, 2.45) is 0 Å². The maximum Gasteiger partial charge on any atom is 0.177 e. The van der Waals surface area contributed by atoms with Crippen LogP contribution in [0.15, 0.2) is 24.3 Å². The van der Waals surface area contributed by atoms with Gasteiger partial charge in [-0.3, -0.25) is 0 Å². The van der Waals surface area contributed by atoms with Crippen molar-refractivity contribution in [1.29, 1.82) is 5.26 Å². The molecule has 6 heteroatoms. The fourth-order valence-corrected chi connectivity index (χ4v) is 2.96. The molecule has 0 atom stereocenters. The molecule has 0 aliphatic rings. The molecule has 0 saturated heterocycles. The highest BCUT2D eigenvalue weighted by Gasteiger charge is 2.19. The maximum absolute atomic E-state index is 9.05. The molecule has 1 aromatic carbocycles. The highest BCUT2D eigenvalue weighted by atomic mass is 35.5. The molecule has 0 aliphatic carbocycles. The Kier molecular flexibility index (Phi) is 4.38. The van der Waals surface area contributed by atoms with E-state index in [2.05, 4.69) is 6.07 Å². The number of thiophene rings is 1. The standard InChI is InChI=1S/C14H14ClN3OS/c1-18(8-9-3-5-10(15)6-4-9)14-13(19-2)12(17)11(7-16)20-14/h3-6H,8,17H2,1-2H3. The normalized spacial score (nSPS) is 10.1. The smallest absolute Gasteiger partial charge is 0.177 e. The van der Waals surface area contributed by atoms with E-state index >= 15 is 0 Å². The molecule has 4 nitrogen and oxygen atoms in total. The number of ether oxygens (including phenoxy) is 1. The average molecular weight is 308 g/mol. The van der Waals surface area contributed by atoms with E-state index in [4.69, 9.17) is 27.3 Å². The zero-order chi connectivity index (χ0) is 14.7. The Labute approximate surface area is 126 Å². The molecule has 0 fully saturated rings. The third-order valence-electron chi connectivity index (χ3n) is 2.87. The third-order valence-corrected chi connectivity index (χ3v) is 4.33. The topological polar surface area (TPSA) is 62.3 Å². The molecule has 0 unspecified atom stereocenters. The number of rotatable bonds is 4. The van der Waals surface area contributed by atoms with Crippen molar-refractivity contribution < 1.29 is 4.74 Å². The van der Waals surface area contributed by atoms with E-state index in [1.165, 1.54) is 11.3 Å². The van der Waals surface area contributed by atoms with Gasteiger partial charge in [0.25, 0.3) is 0 Å². The van der Waals surface area contributed by atoms with Gasteiger partial charge in [0.15, 0.2) is 5.75 Å². The van der Waals surface area contributed by atoms with E-state index in [9.17, 15) is 0 Å². The zero-order valence-corrected chi connectivity index (χ0v) is 12.8. The quantitative estimate of drug-likeness (QED) is 0.939. The van der Waals surface area contributed by atoms with Gasteiger partial charge >= 0.3 is 0 Å². The lowest BCUT2D eigenvalue weighted by atomic mass is 10.2. The molecule has 0 radical (unpaired) electrons. The molecule has 104 valence electrons. The van der Waals surface area contributed by atoms with Gasteiger partial charge < -0.3 is 15.4 Å². The van der Waals surface area contributed by atoms with Gasteiger partial charge in [-0.25, -0.2) is 0 Å². The molecule has 1 aromatic heterocycles. The second kappa shape index (κ2) is 6.04. The summed E-state index contributed by atoms with van der Waals surface area (Å²) in [6.45, 7) is 0.679. The summed E-state index contributed by atoms with van der Waals surface area (Å²) in [5, 5.41) is 10.6. The van der Waals surface area contributed by atoms with Crippen LogP contribution in [0.2, 0.25) is 5.02 Å². The first-order chi connectivity index (χ1) is 9.56. The molecule has 0 bridgehead atoms. The Morgan fingerprint density at radius 1 is 1.40 bits per heavy atom. The number of benzene rings is 1. The minimum absolute atomic E-state index is 0.401. The van der Waals surface area contributed by atoms with Crippen LogP contribution in [-0.2, 0) is 6.54 Å². The predicted octanol–water partition coefficient (Wildman–Crippen LogP) is 3.50. The zero-order valence-electron chi connectivity index (χ0n) is 11.2. The van der Waals surface area contributed by atoms with Crippen LogP contribution in [-0.4, -0.2) is 14.2 Å². The number of anilines is 2. The molecular weight excluding hydrogens is 294 g/mol. The summed E-state index contributed by atoms with van der Waals surface area (Å²) in [7, 11) is 3.49. The minimum Gasteiger partial charge on any atom is -0.492 e. The van der Waals surface area contributed by atoms with E-state index in [0.717, 1.165) is 10.6 Å². The van der Waals surface area contributed by atoms with Gasteiger partial charge in [0, 0.05) is 18.6 Å². The highest BCUT2D eigenvalue weighted by molar-refractivity contribution is 7.17. The minimum atomic E-state index is 0.401. The summed E-state index contributed by atoms with van der Waals surface area (Å²) < 4.78 is 5.31. The second-order valence-corrected chi connectivity index (χ2v) is 5.71. The first-order valence-electron chi connectivity index (χ1n) is 5.88. The van der Waals surface area contributed by atoms with Crippen LogP contribution in [0.3, 0.4) is 0 Å². The van der Waals surface area contributed by atoms with Crippen LogP contribution >= 0.6 is 22.9 Å². The van der Waals surface area contributed by atoms with Gasteiger partial charge in [0.2, 0.25) is 0 Å². The Morgan fingerprint density at radius 2 is 2.05 bits per heavy atom. The molecule has 20 heavy (non-hydrogen) atoms. The second-order valence-electron chi connectivity index (χ2n) is 4.28. The molecular formula is C14H14ClN3OS. The fourth-order valence-electron chi connectivity index (χ4n) is 1.88. The number of hydrogen-bond acceptors (Lipinski definition) is 5.